The van der Waals surface area contributed by atoms with Crippen molar-refractivity contribution >= 4 is 15.7 Å². The fraction of sp³-hybridized carbons (Fsp3) is 0.167. The van der Waals surface area contributed by atoms with E-state index in [0.29, 0.717) is 0 Å². The first-order valence-corrected chi connectivity index (χ1v) is 9.29. The minimum absolute atomic E-state index is 0.0509. The van der Waals surface area contributed by atoms with Crippen molar-refractivity contribution in [2.24, 2.45) is 0 Å². The standard InChI is InChI=1S/C18H16FNO5S/c1-12-10-13(6-7-14(12)19)26(22,23)17(15-4-2-8-24-15)11-20-18(21)16-5-3-9-25-16/h2-10,17H,11H2,1H3,(H,20,21). The Balaban J connectivity index is 1.90. The molecule has 0 fully saturated rings. The number of rotatable bonds is 6. The number of halogens is 1. The van der Waals surface area contributed by atoms with E-state index >= 15 is 0 Å². The summed E-state index contributed by atoms with van der Waals surface area (Å²) in [5.74, 6) is -0.799. The van der Waals surface area contributed by atoms with Crippen LogP contribution in [0.5, 0.6) is 0 Å². The lowest BCUT2D eigenvalue weighted by Gasteiger charge is -2.17. The lowest BCUT2D eigenvalue weighted by atomic mass is 10.2. The Morgan fingerprint density at radius 2 is 1.88 bits per heavy atom. The third-order valence-electron chi connectivity index (χ3n) is 3.89. The highest BCUT2D eigenvalue weighted by Crippen LogP contribution is 2.30. The average Bonchev–Trinajstić information content (AvgIpc) is 3.30. The van der Waals surface area contributed by atoms with Crippen LogP contribution in [0.15, 0.2) is 68.7 Å². The summed E-state index contributed by atoms with van der Waals surface area (Å²) in [7, 11) is -3.93. The normalized spacial score (nSPS) is 12.7. The minimum Gasteiger partial charge on any atom is -0.468 e. The van der Waals surface area contributed by atoms with E-state index in [9.17, 15) is 17.6 Å². The molecule has 0 saturated carbocycles. The number of nitrogens with one attached hydrogen (secondary N) is 1. The smallest absolute Gasteiger partial charge is 0.287 e. The summed E-state index contributed by atoms with van der Waals surface area (Å²) in [5.41, 5.74) is 0.212. The maximum atomic E-state index is 13.5. The molecule has 1 N–H and O–H groups in total. The van der Waals surface area contributed by atoms with Crippen LogP contribution in [-0.2, 0) is 9.84 Å². The molecule has 0 spiro atoms. The van der Waals surface area contributed by atoms with Gasteiger partial charge in [-0.3, -0.25) is 4.79 Å². The minimum atomic E-state index is -3.93. The fourth-order valence-corrected chi connectivity index (χ4v) is 4.15. The summed E-state index contributed by atoms with van der Waals surface area (Å²) in [6.07, 6.45) is 2.69. The number of hydrogen-bond acceptors (Lipinski definition) is 5. The zero-order valence-corrected chi connectivity index (χ0v) is 14.6. The van der Waals surface area contributed by atoms with E-state index in [1.54, 1.807) is 12.1 Å². The number of hydrogen-bond donors (Lipinski definition) is 1. The molecule has 1 atom stereocenters. The van der Waals surface area contributed by atoms with Crippen LogP contribution in [0.1, 0.15) is 27.1 Å². The Morgan fingerprint density at radius 1 is 1.15 bits per heavy atom. The van der Waals surface area contributed by atoms with Crippen molar-refractivity contribution < 1.29 is 26.4 Å². The summed E-state index contributed by atoms with van der Waals surface area (Å²) < 4.78 is 49.8. The van der Waals surface area contributed by atoms with Crippen molar-refractivity contribution in [1.82, 2.24) is 5.32 Å². The summed E-state index contributed by atoms with van der Waals surface area (Å²) in [5, 5.41) is 1.36. The maximum Gasteiger partial charge on any atom is 0.287 e. The van der Waals surface area contributed by atoms with Crippen molar-refractivity contribution in [2.45, 2.75) is 17.1 Å². The fourth-order valence-electron chi connectivity index (χ4n) is 2.48. The third-order valence-corrected chi connectivity index (χ3v) is 5.95. The molecule has 2 aromatic heterocycles. The Morgan fingerprint density at radius 3 is 2.50 bits per heavy atom. The maximum absolute atomic E-state index is 13.5. The lowest BCUT2D eigenvalue weighted by Crippen LogP contribution is -2.31. The zero-order chi connectivity index (χ0) is 18.7. The predicted molar refractivity (Wildman–Crippen MR) is 90.8 cm³/mol. The molecule has 1 amide bonds. The summed E-state index contributed by atoms with van der Waals surface area (Å²) in [6, 6.07) is 9.64. The Kier molecular flexibility index (Phi) is 4.94. The van der Waals surface area contributed by atoms with Gasteiger partial charge in [0, 0.05) is 6.54 Å². The number of aryl methyl sites for hydroxylation is 1. The molecule has 8 heteroatoms. The monoisotopic (exact) mass is 377 g/mol. The SMILES string of the molecule is Cc1cc(S(=O)(=O)C(CNC(=O)c2ccco2)c2ccco2)ccc1F. The van der Waals surface area contributed by atoms with Crippen LogP contribution in [-0.4, -0.2) is 20.9 Å². The van der Waals surface area contributed by atoms with E-state index in [2.05, 4.69) is 5.32 Å². The van der Waals surface area contributed by atoms with Gasteiger partial charge < -0.3 is 14.2 Å². The van der Waals surface area contributed by atoms with Gasteiger partial charge in [0.05, 0.1) is 17.4 Å². The molecule has 0 bridgehead atoms. The van der Waals surface area contributed by atoms with Crippen LogP contribution in [0.25, 0.3) is 0 Å². The van der Waals surface area contributed by atoms with Gasteiger partial charge in [-0.25, -0.2) is 12.8 Å². The predicted octanol–water partition coefficient (Wildman–Crippen LogP) is 3.27. The van der Waals surface area contributed by atoms with Crippen LogP contribution >= 0.6 is 0 Å². The van der Waals surface area contributed by atoms with Crippen molar-refractivity contribution in [3.05, 3.63) is 77.9 Å². The molecule has 6 nitrogen and oxygen atoms in total. The van der Waals surface area contributed by atoms with Gasteiger partial charge in [-0.15, -0.1) is 0 Å². The van der Waals surface area contributed by atoms with E-state index in [1.807, 2.05) is 0 Å². The van der Waals surface area contributed by atoms with Gasteiger partial charge in [0.2, 0.25) is 0 Å². The van der Waals surface area contributed by atoms with Crippen LogP contribution in [0, 0.1) is 12.7 Å². The molecule has 2 heterocycles. The molecule has 26 heavy (non-hydrogen) atoms. The van der Waals surface area contributed by atoms with Gasteiger partial charge >= 0.3 is 0 Å². The molecule has 1 aromatic carbocycles. The average molecular weight is 377 g/mol. The molecule has 3 rings (SSSR count). The van der Waals surface area contributed by atoms with Crippen LogP contribution in [0.2, 0.25) is 0 Å². The second kappa shape index (κ2) is 7.17. The molecule has 136 valence electrons. The highest BCUT2D eigenvalue weighted by atomic mass is 32.2. The van der Waals surface area contributed by atoms with E-state index in [4.69, 9.17) is 8.83 Å². The van der Waals surface area contributed by atoms with Crippen LogP contribution in [0.3, 0.4) is 0 Å². The number of carbonyl (C=O) groups is 1. The molecule has 0 radical (unpaired) electrons. The number of benzene rings is 1. The van der Waals surface area contributed by atoms with Gasteiger partial charge in [-0.1, -0.05) is 0 Å². The molecule has 3 aromatic rings. The topological polar surface area (TPSA) is 89.5 Å². The number of furan rings is 2. The third kappa shape index (κ3) is 3.55. The van der Waals surface area contributed by atoms with E-state index < -0.39 is 26.8 Å². The van der Waals surface area contributed by atoms with Crippen LogP contribution < -0.4 is 5.32 Å². The molecule has 1 unspecified atom stereocenters. The second-order valence-electron chi connectivity index (χ2n) is 5.65. The molecule has 0 aliphatic heterocycles. The molecule has 0 saturated heterocycles. The molecule has 0 aliphatic carbocycles. The number of carbonyl (C=O) groups excluding carboxylic acids is 1. The van der Waals surface area contributed by atoms with Crippen molar-refractivity contribution in [1.29, 1.82) is 0 Å². The number of sulfone groups is 1. The first-order valence-electron chi connectivity index (χ1n) is 7.75. The second-order valence-corrected chi connectivity index (χ2v) is 7.78. The Bertz CT molecular complexity index is 994. The summed E-state index contributed by atoms with van der Waals surface area (Å²) in [4.78, 5) is 12.0. The quantitative estimate of drug-likeness (QED) is 0.666. The van der Waals surface area contributed by atoms with Crippen molar-refractivity contribution in [2.75, 3.05) is 6.54 Å². The zero-order valence-electron chi connectivity index (χ0n) is 13.8. The molecular formula is C18H16FNO5S. The first-order chi connectivity index (χ1) is 12.4. The van der Waals surface area contributed by atoms with Gasteiger partial charge in [0.1, 0.15) is 16.8 Å². The molecule has 0 aliphatic rings. The highest BCUT2D eigenvalue weighted by Gasteiger charge is 2.32. The lowest BCUT2D eigenvalue weighted by molar-refractivity contribution is 0.0925. The van der Waals surface area contributed by atoms with E-state index in [1.165, 1.54) is 43.7 Å². The Labute approximate surface area is 149 Å². The van der Waals surface area contributed by atoms with Crippen molar-refractivity contribution in [3.63, 3.8) is 0 Å². The summed E-state index contributed by atoms with van der Waals surface area (Å²) in [6.45, 7) is 1.25. The van der Waals surface area contributed by atoms with Gasteiger partial charge in [0.25, 0.3) is 5.91 Å². The highest BCUT2D eigenvalue weighted by molar-refractivity contribution is 7.91. The largest absolute Gasteiger partial charge is 0.468 e. The van der Waals surface area contributed by atoms with Crippen LogP contribution in [0.4, 0.5) is 4.39 Å². The first kappa shape index (κ1) is 17.9. The number of amides is 1. The molecular weight excluding hydrogens is 361 g/mol. The van der Waals surface area contributed by atoms with Gasteiger partial charge in [0.15, 0.2) is 15.6 Å². The van der Waals surface area contributed by atoms with E-state index in [-0.39, 0.29) is 28.5 Å². The van der Waals surface area contributed by atoms with E-state index in [0.717, 1.165) is 6.07 Å². The van der Waals surface area contributed by atoms with Gasteiger partial charge in [-0.2, -0.15) is 0 Å². The Hall–Kier alpha value is -2.87. The van der Waals surface area contributed by atoms with Crippen molar-refractivity contribution in [3.8, 4) is 0 Å². The summed E-state index contributed by atoms with van der Waals surface area (Å²) >= 11 is 0. The van der Waals surface area contributed by atoms with Gasteiger partial charge in [-0.05, 0) is 55.0 Å².